The lowest BCUT2D eigenvalue weighted by atomic mass is 10.1. The summed E-state index contributed by atoms with van der Waals surface area (Å²) in [5.74, 6) is -6.25. The Morgan fingerprint density at radius 2 is 1.86 bits per heavy atom. The molecule has 0 spiro atoms. The van der Waals surface area contributed by atoms with E-state index in [2.05, 4.69) is 53.5 Å². The number of aryl methyl sites for hydroxylation is 1. The van der Waals surface area contributed by atoms with Crippen molar-refractivity contribution in [2.75, 3.05) is 5.32 Å². The fourth-order valence-corrected chi connectivity index (χ4v) is 4.91. The van der Waals surface area contributed by atoms with E-state index >= 15 is 0 Å². The fraction of sp³-hybridized carbons (Fsp3) is 0.280. The third-order valence-corrected chi connectivity index (χ3v) is 7.06. The number of nitrogens with one attached hydrogen (secondary N) is 2. The Labute approximate surface area is 252 Å². The van der Waals surface area contributed by atoms with Gasteiger partial charge >= 0.3 is 12.1 Å². The summed E-state index contributed by atoms with van der Waals surface area (Å²) in [6, 6.07) is 7.79. The molecule has 0 saturated heterocycles. The predicted molar refractivity (Wildman–Crippen MR) is 148 cm³/mol. The molecule has 3 heterocycles. The van der Waals surface area contributed by atoms with Crippen molar-refractivity contribution in [1.29, 1.82) is 0 Å². The van der Waals surface area contributed by atoms with Crippen molar-refractivity contribution in [3.8, 4) is 5.82 Å². The standard InChI is InChI=1S/C25H19ClF5IN8O2/c1-12-7-13(32)8-16(22(41)35-14-4-5-14)20(12)36-23(42)18-9-15(37-40(18)21-17(26)3-2-6-33-21)11-39-34-10-19(38-39)24(27,28)25(29,30)31/h2-3,6-10,14H,4-5,11H2,1H3,(H,35,41)(H,36,42). The first-order chi connectivity index (χ1) is 19.7. The summed E-state index contributed by atoms with van der Waals surface area (Å²) in [6.45, 7) is 1.25. The van der Waals surface area contributed by atoms with E-state index in [-0.39, 0.29) is 45.4 Å². The maximum Gasteiger partial charge on any atom is 0.459 e. The number of benzene rings is 1. The molecule has 0 radical (unpaired) electrons. The molecule has 0 unspecified atom stereocenters. The molecule has 10 nitrogen and oxygen atoms in total. The van der Waals surface area contributed by atoms with E-state index in [1.807, 2.05) is 0 Å². The molecule has 3 aromatic heterocycles. The number of pyridine rings is 1. The van der Waals surface area contributed by atoms with E-state index in [1.165, 1.54) is 18.3 Å². The number of rotatable bonds is 8. The summed E-state index contributed by atoms with van der Waals surface area (Å²) < 4.78 is 67.6. The topological polar surface area (TPSA) is 120 Å². The van der Waals surface area contributed by atoms with Crippen molar-refractivity contribution in [1.82, 2.24) is 35.1 Å². The molecule has 5 rings (SSSR count). The van der Waals surface area contributed by atoms with E-state index in [4.69, 9.17) is 11.6 Å². The Morgan fingerprint density at radius 3 is 2.52 bits per heavy atom. The van der Waals surface area contributed by atoms with E-state index in [0.717, 1.165) is 21.1 Å². The molecule has 1 aliphatic rings. The van der Waals surface area contributed by atoms with Crippen molar-refractivity contribution < 1.29 is 31.5 Å². The summed E-state index contributed by atoms with van der Waals surface area (Å²) in [7, 11) is 0. The quantitative estimate of drug-likeness (QED) is 0.189. The first-order valence-corrected chi connectivity index (χ1v) is 13.7. The Bertz CT molecular complexity index is 1690. The van der Waals surface area contributed by atoms with Crippen LogP contribution in [0.2, 0.25) is 5.02 Å². The van der Waals surface area contributed by atoms with Gasteiger partial charge in [-0.15, -0.1) is 0 Å². The number of anilines is 1. The molecule has 17 heteroatoms. The highest BCUT2D eigenvalue weighted by Gasteiger charge is 2.60. The Kier molecular flexibility index (Phi) is 7.95. The Balaban J connectivity index is 1.50. The molecule has 2 amide bonds. The molecule has 0 bridgehead atoms. The molecule has 1 saturated carbocycles. The van der Waals surface area contributed by atoms with Gasteiger partial charge in [0, 0.05) is 15.8 Å². The van der Waals surface area contributed by atoms with Crippen molar-refractivity contribution >= 4 is 51.7 Å². The zero-order valence-electron chi connectivity index (χ0n) is 21.4. The molecule has 220 valence electrons. The number of aromatic nitrogens is 6. The Hall–Kier alpha value is -3.67. The molecule has 0 aliphatic heterocycles. The number of halogens is 7. The van der Waals surface area contributed by atoms with Gasteiger partial charge in [-0.2, -0.15) is 42.0 Å². The number of nitrogens with zero attached hydrogens (tertiary/aromatic N) is 6. The van der Waals surface area contributed by atoms with Crippen LogP contribution in [0.1, 0.15) is 50.6 Å². The molecule has 1 aliphatic carbocycles. The van der Waals surface area contributed by atoms with Crippen molar-refractivity contribution in [3.05, 3.63) is 79.5 Å². The summed E-state index contributed by atoms with van der Waals surface area (Å²) >= 11 is 8.36. The van der Waals surface area contributed by atoms with Crippen LogP contribution >= 0.6 is 34.2 Å². The lowest BCUT2D eigenvalue weighted by Gasteiger charge is -2.16. The number of alkyl halides is 5. The van der Waals surface area contributed by atoms with Crippen molar-refractivity contribution in [3.63, 3.8) is 0 Å². The number of carbonyl (C=O) groups excluding carboxylic acids is 2. The number of hydrogen-bond donors (Lipinski definition) is 2. The number of carbonyl (C=O) groups is 2. The lowest BCUT2D eigenvalue weighted by molar-refractivity contribution is -0.291. The van der Waals surface area contributed by atoms with E-state index in [1.54, 1.807) is 25.1 Å². The van der Waals surface area contributed by atoms with Gasteiger partial charge in [-0.05, 0) is 78.3 Å². The van der Waals surface area contributed by atoms with Crippen LogP contribution in [0.4, 0.5) is 27.6 Å². The van der Waals surface area contributed by atoms with E-state index in [9.17, 15) is 31.5 Å². The van der Waals surface area contributed by atoms with Gasteiger partial charge in [0.25, 0.3) is 11.8 Å². The van der Waals surface area contributed by atoms with Crippen LogP contribution in [-0.2, 0) is 12.5 Å². The average Bonchev–Trinajstić information content (AvgIpc) is 3.42. The minimum absolute atomic E-state index is 0.0189. The normalized spacial score (nSPS) is 13.7. The third kappa shape index (κ3) is 6.08. The van der Waals surface area contributed by atoms with E-state index in [0.29, 0.717) is 16.6 Å². The smallest absolute Gasteiger partial charge is 0.349 e. The van der Waals surface area contributed by atoms with Gasteiger partial charge in [-0.1, -0.05) is 11.6 Å². The molecule has 4 aromatic rings. The van der Waals surface area contributed by atoms with Gasteiger partial charge in [0.2, 0.25) is 0 Å². The van der Waals surface area contributed by atoms with Crippen molar-refractivity contribution in [2.45, 2.75) is 44.5 Å². The zero-order valence-corrected chi connectivity index (χ0v) is 24.3. The first-order valence-electron chi connectivity index (χ1n) is 12.2. The Morgan fingerprint density at radius 1 is 1.12 bits per heavy atom. The third-order valence-electron chi connectivity index (χ3n) is 6.15. The summed E-state index contributed by atoms with van der Waals surface area (Å²) in [4.78, 5) is 31.3. The predicted octanol–water partition coefficient (Wildman–Crippen LogP) is 5.27. The maximum absolute atomic E-state index is 13.7. The van der Waals surface area contributed by atoms with Gasteiger partial charge in [0.1, 0.15) is 12.2 Å². The average molecular weight is 721 g/mol. The lowest BCUT2D eigenvalue weighted by Crippen LogP contribution is -2.34. The highest BCUT2D eigenvalue weighted by molar-refractivity contribution is 14.1. The summed E-state index contributed by atoms with van der Waals surface area (Å²) in [6.07, 6.45) is -2.43. The second-order valence-corrected chi connectivity index (χ2v) is 11.1. The van der Waals surface area contributed by atoms with Crippen LogP contribution in [0.5, 0.6) is 0 Å². The van der Waals surface area contributed by atoms with Crippen LogP contribution in [0, 0.1) is 10.5 Å². The molecule has 0 atom stereocenters. The van der Waals surface area contributed by atoms with Gasteiger partial charge in [-0.3, -0.25) is 9.59 Å². The highest BCUT2D eigenvalue weighted by atomic mass is 127. The maximum atomic E-state index is 13.7. The molecular formula is C25H19ClF5IN8O2. The second kappa shape index (κ2) is 11.2. The molecule has 2 N–H and O–H groups in total. The van der Waals surface area contributed by atoms with Crippen LogP contribution in [0.15, 0.2) is 42.7 Å². The van der Waals surface area contributed by atoms with Crippen LogP contribution in [0.3, 0.4) is 0 Å². The first kappa shape index (κ1) is 29.8. The van der Waals surface area contributed by atoms with Gasteiger partial charge in [0.15, 0.2) is 11.5 Å². The van der Waals surface area contributed by atoms with Gasteiger partial charge in [-0.25, -0.2) is 9.67 Å². The van der Waals surface area contributed by atoms with Crippen molar-refractivity contribution in [2.24, 2.45) is 0 Å². The number of amides is 2. The van der Waals surface area contributed by atoms with Crippen LogP contribution < -0.4 is 10.6 Å². The summed E-state index contributed by atoms with van der Waals surface area (Å²) in [5.41, 5.74) is -0.576. The minimum atomic E-state index is -5.86. The second-order valence-electron chi connectivity index (χ2n) is 9.42. The largest absolute Gasteiger partial charge is 0.459 e. The minimum Gasteiger partial charge on any atom is -0.349 e. The fourth-order valence-electron chi connectivity index (χ4n) is 3.93. The molecule has 1 aromatic carbocycles. The van der Waals surface area contributed by atoms with Gasteiger partial charge in [0.05, 0.1) is 28.2 Å². The summed E-state index contributed by atoms with van der Waals surface area (Å²) in [5, 5.41) is 16.8. The van der Waals surface area contributed by atoms with E-state index < -0.39 is 30.2 Å². The highest BCUT2D eigenvalue weighted by Crippen LogP contribution is 2.42. The molecule has 1 fully saturated rings. The molecule has 42 heavy (non-hydrogen) atoms. The zero-order chi connectivity index (χ0) is 30.4. The molecular weight excluding hydrogens is 702 g/mol. The monoisotopic (exact) mass is 720 g/mol. The van der Waals surface area contributed by atoms with Gasteiger partial charge < -0.3 is 10.6 Å². The van der Waals surface area contributed by atoms with Crippen LogP contribution in [-0.4, -0.2) is 53.8 Å². The SMILES string of the molecule is Cc1cc(I)cc(C(=O)NC2CC2)c1NC(=O)c1cc(Cn2ncc(C(F)(F)C(F)(F)F)n2)nn1-c1ncccc1Cl. The van der Waals surface area contributed by atoms with Crippen LogP contribution in [0.25, 0.3) is 5.82 Å². The number of hydrogen-bond acceptors (Lipinski definition) is 6.